The summed E-state index contributed by atoms with van der Waals surface area (Å²) < 4.78 is 2.06. The van der Waals surface area contributed by atoms with Crippen LogP contribution in [0.5, 0.6) is 0 Å². The molecule has 102 valence electrons. The number of rotatable bonds is 5. The van der Waals surface area contributed by atoms with E-state index < -0.39 is 0 Å². The van der Waals surface area contributed by atoms with Crippen LogP contribution in [0.15, 0.2) is 18.5 Å². The predicted octanol–water partition coefficient (Wildman–Crippen LogP) is 2.80. The summed E-state index contributed by atoms with van der Waals surface area (Å²) in [7, 11) is 0. The maximum atomic E-state index is 4.44. The normalized spacial score (nSPS) is 15.8. The van der Waals surface area contributed by atoms with Gasteiger partial charge in [-0.2, -0.15) is 5.10 Å². The second kappa shape index (κ2) is 7.16. The Bertz CT molecular complexity index is 488. The van der Waals surface area contributed by atoms with E-state index in [0.29, 0.717) is 0 Å². The van der Waals surface area contributed by atoms with Gasteiger partial charge in [-0.1, -0.05) is 25.3 Å². The first-order valence-electron chi connectivity index (χ1n) is 7.17. The quantitative estimate of drug-likeness (QED) is 0.756. The number of aromatic nitrogens is 2. The minimum atomic E-state index is 0.885. The third-order valence-electron chi connectivity index (χ3n) is 3.52. The highest BCUT2D eigenvalue weighted by molar-refractivity contribution is 5.65. The largest absolute Gasteiger partial charge is 0.288 e. The number of hydrogen-bond donors (Lipinski definition) is 0. The van der Waals surface area contributed by atoms with Gasteiger partial charge < -0.3 is 0 Å². The Morgan fingerprint density at radius 1 is 1.42 bits per heavy atom. The van der Waals surface area contributed by atoms with Gasteiger partial charge in [0.2, 0.25) is 0 Å². The molecule has 1 aliphatic rings. The van der Waals surface area contributed by atoms with Crippen molar-refractivity contribution in [1.82, 2.24) is 14.7 Å². The van der Waals surface area contributed by atoms with Crippen molar-refractivity contribution < 1.29 is 0 Å². The van der Waals surface area contributed by atoms with E-state index in [9.17, 15) is 0 Å². The second-order valence-electron chi connectivity index (χ2n) is 4.99. The Hall–Kier alpha value is -1.53. The van der Waals surface area contributed by atoms with Gasteiger partial charge in [-0.15, -0.1) is 5.92 Å². The molecule has 1 aromatic rings. The van der Waals surface area contributed by atoms with Crippen molar-refractivity contribution >= 4 is 5.57 Å². The molecule has 0 fully saturated rings. The second-order valence-corrected chi connectivity index (χ2v) is 4.99. The van der Waals surface area contributed by atoms with Gasteiger partial charge in [-0.25, -0.2) is 0 Å². The van der Waals surface area contributed by atoms with Crippen molar-refractivity contribution in [3.8, 4) is 11.8 Å². The molecule has 1 aliphatic heterocycles. The maximum Gasteiger partial charge on any atom is 0.0604 e. The van der Waals surface area contributed by atoms with Crippen molar-refractivity contribution in [2.75, 3.05) is 19.6 Å². The molecule has 0 radical (unpaired) electrons. The molecule has 1 aromatic heterocycles. The van der Waals surface area contributed by atoms with Crippen molar-refractivity contribution in [3.63, 3.8) is 0 Å². The highest BCUT2D eigenvalue weighted by Gasteiger charge is 2.13. The Kier molecular flexibility index (Phi) is 5.23. The van der Waals surface area contributed by atoms with Crippen LogP contribution in [-0.2, 0) is 6.54 Å². The van der Waals surface area contributed by atoms with Gasteiger partial charge in [-0.05, 0) is 25.3 Å². The van der Waals surface area contributed by atoms with Crippen LogP contribution in [0.4, 0.5) is 0 Å². The van der Waals surface area contributed by atoms with E-state index in [-0.39, 0.29) is 0 Å². The molecule has 0 unspecified atom stereocenters. The van der Waals surface area contributed by atoms with Gasteiger partial charge in [0.05, 0.1) is 12.7 Å². The topological polar surface area (TPSA) is 21.1 Å². The summed E-state index contributed by atoms with van der Waals surface area (Å²) in [6, 6.07) is 0. The third kappa shape index (κ3) is 3.97. The average molecular weight is 257 g/mol. The summed E-state index contributed by atoms with van der Waals surface area (Å²) in [4.78, 5) is 2.38. The van der Waals surface area contributed by atoms with Crippen molar-refractivity contribution in [2.45, 2.75) is 39.7 Å². The Morgan fingerprint density at radius 2 is 2.32 bits per heavy atom. The van der Waals surface area contributed by atoms with E-state index in [1.54, 1.807) is 0 Å². The van der Waals surface area contributed by atoms with Crippen LogP contribution in [0.25, 0.3) is 5.57 Å². The summed E-state index contributed by atoms with van der Waals surface area (Å²) in [5, 5.41) is 4.44. The van der Waals surface area contributed by atoms with E-state index in [2.05, 4.69) is 45.7 Å². The predicted molar refractivity (Wildman–Crippen MR) is 79.6 cm³/mol. The van der Waals surface area contributed by atoms with Crippen LogP contribution < -0.4 is 0 Å². The first kappa shape index (κ1) is 13.9. The Balaban J connectivity index is 1.93. The molecule has 0 aliphatic carbocycles. The molecule has 0 saturated heterocycles. The number of hydrogen-bond acceptors (Lipinski definition) is 2. The maximum absolute atomic E-state index is 4.44. The molecule has 0 aromatic carbocycles. The minimum absolute atomic E-state index is 0.885. The number of nitrogens with zero attached hydrogens (tertiary/aromatic N) is 3. The molecular formula is C16H23N3. The SMILES string of the molecule is CC#CCN1CC=C(c2cnn(CCCC)c2)CC1. The summed E-state index contributed by atoms with van der Waals surface area (Å²) in [5.74, 6) is 6.09. The molecular weight excluding hydrogens is 234 g/mol. The third-order valence-corrected chi connectivity index (χ3v) is 3.52. The summed E-state index contributed by atoms with van der Waals surface area (Å²) in [5.41, 5.74) is 2.72. The van der Waals surface area contributed by atoms with Crippen molar-refractivity contribution in [3.05, 3.63) is 24.0 Å². The molecule has 19 heavy (non-hydrogen) atoms. The molecule has 0 N–H and O–H groups in total. The molecule has 3 heteroatoms. The highest BCUT2D eigenvalue weighted by Crippen LogP contribution is 2.21. The van der Waals surface area contributed by atoms with Crippen molar-refractivity contribution in [2.24, 2.45) is 0 Å². The molecule has 2 rings (SSSR count). The molecule has 0 amide bonds. The fourth-order valence-corrected chi connectivity index (χ4v) is 2.28. The summed E-state index contributed by atoms with van der Waals surface area (Å²) >= 11 is 0. The van der Waals surface area contributed by atoms with Gasteiger partial charge in [-0.3, -0.25) is 9.58 Å². The molecule has 0 bridgehead atoms. The molecule has 2 heterocycles. The standard InChI is InChI=1S/C16H23N3/c1-3-5-9-18-11-7-15(8-12-18)16-13-17-19(14-16)10-6-4-2/h7,13-14H,4,6,8-12H2,1-2H3. The fraction of sp³-hybridized carbons (Fsp3) is 0.562. The molecule has 0 atom stereocenters. The lowest BCUT2D eigenvalue weighted by Crippen LogP contribution is -2.28. The van der Waals surface area contributed by atoms with Gasteiger partial charge in [0.25, 0.3) is 0 Å². The zero-order valence-electron chi connectivity index (χ0n) is 12.0. The number of unbranched alkanes of at least 4 members (excludes halogenated alkanes) is 1. The Labute approximate surface area is 116 Å². The van der Waals surface area contributed by atoms with Gasteiger partial charge in [0.1, 0.15) is 0 Å². The molecule has 0 saturated carbocycles. The van der Waals surface area contributed by atoms with Crippen molar-refractivity contribution in [1.29, 1.82) is 0 Å². The van der Waals surface area contributed by atoms with E-state index in [1.807, 2.05) is 13.1 Å². The first-order chi connectivity index (χ1) is 9.33. The van der Waals surface area contributed by atoms with Crippen LogP contribution in [0, 0.1) is 11.8 Å². The van der Waals surface area contributed by atoms with E-state index in [0.717, 1.165) is 32.6 Å². The average Bonchev–Trinajstić information content (AvgIpc) is 2.92. The highest BCUT2D eigenvalue weighted by atomic mass is 15.3. The lowest BCUT2D eigenvalue weighted by atomic mass is 10.0. The van der Waals surface area contributed by atoms with Crippen LogP contribution in [0.3, 0.4) is 0 Å². The van der Waals surface area contributed by atoms with Gasteiger partial charge in [0, 0.05) is 31.4 Å². The molecule has 0 spiro atoms. The molecule has 3 nitrogen and oxygen atoms in total. The van der Waals surface area contributed by atoms with Crippen LogP contribution in [0.2, 0.25) is 0 Å². The monoisotopic (exact) mass is 257 g/mol. The minimum Gasteiger partial charge on any atom is -0.288 e. The zero-order valence-corrected chi connectivity index (χ0v) is 12.0. The fourth-order valence-electron chi connectivity index (χ4n) is 2.28. The first-order valence-corrected chi connectivity index (χ1v) is 7.17. The summed E-state index contributed by atoms with van der Waals surface area (Å²) in [6.45, 7) is 8.13. The lowest BCUT2D eigenvalue weighted by molar-refractivity contribution is 0.339. The van der Waals surface area contributed by atoms with Crippen LogP contribution >= 0.6 is 0 Å². The van der Waals surface area contributed by atoms with E-state index >= 15 is 0 Å². The summed E-state index contributed by atoms with van der Waals surface area (Å²) in [6.07, 6.45) is 10.0. The van der Waals surface area contributed by atoms with E-state index in [1.165, 1.54) is 24.0 Å². The van der Waals surface area contributed by atoms with E-state index in [4.69, 9.17) is 0 Å². The smallest absolute Gasteiger partial charge is 0.0604 e. The lowest BCUT2D eigenvalue weighted by Gasteiger charge is -2.23. The number of aryl methyl sites for hydroxylation is 1. The van der Waals surface area contributed by atoms with Crippen LogP contribution in [-0.4, -0.2) is 34.3 Å². The zero-order chi connectivity index (χ0) is 13.5. The Morgan fingerprint density at radius 3 is 3.00 bits per heavy atom. The van der Waals surface area contributed by atoms with Gasteiger partial charge >= 0.3 is 0 Å². The van der Waals surface area contributed by atoms with Gasteiger partial charge in [0.15, 0.2) is 0 Å². The van der Waals surface area contributed by atoms with Crippen LogP contribution in [0.1, 0.15) is 38.7 Å².